The quantitative estimate of drug-likeness (QED) is 0.272. The molecule has 0 bridgehead atoms. The van der Waals surface area contributed by atoms with Crippen LogP contribution in [-0.2, 0) is 20.9 Å². The average molecular weight is 542 g/mol. The van der Waals surface area contributed by atoms with Crippen LogP contribution in [0.4, 0.5) is 10.5 Å². The van der Waals surface area contributed by atoms with Gasteiger partial charge in [0.25, 0.3) is 0 Å². The minimum absolute atomic E-state index is 0.0154. The van der Waals surface area contributed by atoms with Gasteiger partial charge in [0.2, 0.25) is 0 Å². The molecule has 9 nitrogen and oxygen atoms in total. The second kappa shape index (κ2) is 10.9. The van der Waals surface area contributed by atoms with E-state index in [1.54, 1.807) is 6.20 Å². The maximum absolute atomic E-state index is 12.5. The third-order valence-electron chi connectivity index (χ3n) is 5.76. The number of fused-ring (bicyclic) bond motifs is 1. The molecule has 2 heterocycles. The van der Waals surface area contributed by atoms with E-state index in [1.807, 2.05) is 10.8 Å². The van der Waals surface area contributed by atoms with Crippen LogP contribution in [0.1, 0.15) is 29.6 Å². The fourth-order valence-electron chi connectivity index (χ4n) is 3.94. The Bertz CT molecular complexity index is 1010. The number of carbonyl (C=O) groups excluding carboxylic acids is 2. The second-order valence-electron chi connectivity index (χ2n) is 9.52. The van der Waals surface area contributed by atoms with E-state index in [0.717, 1.165) is 35.2 Å². The van der Waals surface area contributed by atoms with Gasteiger partial charge in [0.15, 0.2) is 0 Å². The highest BCUT2D eigenvalue weighted by atomic mass is 79.9. The van der Waals surface area contributed by atoms with Crippen molar-refractivity contribution in [1.29, 1.82) is 0 Å². The number of esters is 1. The zero-order valence-corrected chi connectivity index (χ0v) is 22.5. The lowest BCUT2D eigenvalue weighted by Gasteiger charge is -2.19. The van der Waals surface area contributed by atoms with Crippen LogP contribution in [-0.4, -0.2) is 62.6 Å². The zero-order chi connectivity index (χ0) is 24.2. The zero-order valence-electron chi connectivity index (χ0n) is 19.9. The molecule has 0 unspecified atom stereocenters. The molecule has 1 amide bonds. The number of halogens is 1. The van der Waals surface area contributed by atoms with E-state index in [1.165, 1.54) is 14.2 Å². The third kappa shape index (κ3) is 6.48. The fourth-order valence-corrected chi connectivity index (χ4v) is 5.31. The summed E-state index contributed by atoms with van der Waals surface area (Å²) in [5, 5.41) is 7.17. The van der Waals surface area contributed by atoms with Crippen molar-refractivity contribution in [2.24, 2.45) is 0 Å². The Balaban J connectivity index is 1.84. The Kier molecular flexibility index (Phi) is 8.41. The summed E-state index contributed by atoms with van der Waals surface area (Å²) in [6.45, 7) is 8.04. The van der Waals surface area contributed by atoms with Crippen LogP contribution in [0.15, 0.2) is 16.9 Å². The Hall–Kier alpha value is -2.11. The van der Waals surface area contributed by atoms with Gasteiger partial charge < -0.3 is 29.4 Å². The normalized spacial score (nSPS) is 18.4. The summed E-state index contributed by atoms with van der Waals surface area (Å²) in [4.78, 5) is 28.6. The number of carbonyl (C=O) groups is 2. The van der Waals surface area contributed by atoms with Crippen molar-refractivity contribution in [2.75, 3.05) is 26.1 Å². The Morgan fingerprint density at radius 1 is 1.21 bits per heavy atom. The van der Waals surface area contributed by atoms with Gasteiger partial charge in [0.05, 0.1) is 25.3 Å². The van der Waals surface area contributed by atoms with Gasteiger partial charge in [-0.05, 0) is 41.2 Å². The van der Waals surface area contributed by atoms with Gasteiger partial charge in [0.1, 0.15) is 17.9 Å². The largest absolute Gasteiger partial charge is 0.465 e. The van der Waals surface area contributed by atoms with E-state index in [-0.39, 0.29) is 12.1 Å². The van der Waals surface area contributed by atoms with Crippen LogP contribution in [0.2, 0.25) is 25.7 Å². The summed E-state index contributed by atoms with van der Waals surface area (Å²) in [6.07, 6.45) is 5.42. The van der Waals surface area contributed by atoms with Gasteiger partial charge >= 0.3 is 12.1 Å². The molecule has 0 aromatic carbocycles. The summed E-state index contributed by atoms with van der Waals surface area (Å²) in [5.41, 5.74) is 1.75. The van der Waals surface area contributed by atoms with Crippen molar-refractivity contribution in [1.82, 2.24) is 14.9 Å². The standard InChI is InChI=1S/C22H33BrN4O5Si/c1-30-21(28)16-11-24-20-18(17(23)12-27(20)13-32-8-9-33(3,4)5)19(16)25-14-6-7-15(10-14)26-22(29)31-2/h11-12,14-15H,6-10,13H2,1-5H3,(H,24,25)(H,26,29)/t14-,15-/m1/s1. The maximum atomic E-state index is 12.5. The van der Waals surface area contributed by atoms with Gasteiger partial charge in [-0.2, -0.15) is 0 Å². The number of methoxy groups -OCH3 is 2. The van der Waals surface area contributed by atoms with Crippen molar-refractivity contribution in [3.63, 3.8) is 0 Å². The highest BCUT2D eigenvalue weighted by Crippen LogP contribution is 2.36. The van der Waals surface area contributed by atoms with Crippen LogP contribution >= 0.6 is 15.9 Å². The number of ether oxygens (including phenoxy) is 3. The number of amides is 1. The van der Waals surface area contributed by atoms with E-state index in [9.17, 15) is 9.59 Å². The summed E-state index contributed by atoms with van der Waals surface area (Å²) in [6, 6.07) is 1.17. The van der Waals surface area contributed by atoms with Crippen LogP contribution in [0, 0.1) is 0 Å². The van der Waals surface area contributed by atoms with E-state index in [0.29, 0.717) is 30.2 Å². The number of rotatable bonds is 9. The first-order valence-electron chi connectivity index (χ1n) is 11.1. The average Bonchev–Trinajstić information content (AvgIpc) is 3.33. The van der Waals surface area contributed by atoms with Crippen molar-refractivity contribution in [3.05, 3.63) is 22.4 Å². The molecule has 0 radical (unpaired) electrons. The van der Waals surface area contributed by atoms with E-state index in [2.05, 4.69) is 51.2 Å². The first kappa shape index (κ1) is 25.5. The van der Waals surface area contributed by atoms with Crippen LogP contribution in [0.3, 0.4) is 0 Å². The number of anilines is 1. The van der Waals surface area contributed by atoms with Crippen molar-refractivity contribution >= 4 is 52.8 Å². The minimum Gasteiger partial charge on any atom is -0.465 e. The Morgan fingerprint density at radius 2 is 1.94 bits per heavy atom. The van der Waals surface area contributed by atoms with Crippen molar-refractivity contribution < 1.29 is 23.8 Å². The molecule has 0 spiro atoms. The molecule has 0 aliphatic heterocycles. The van der Waals surface area contributed by atoms with Crippen LogP contribution in [0.5, 0.6) is 0 Å². The molecular formula is C22H33BrN4O5Si. The Morgan fingerprint density at radius 3 is 2.61 bits per heavy atom. The first-order chi connectivity index (χ1) is 15.6. The van der Waals surface area contributed by atoms with E-state index < -0.39 is 20.1 Å². The number of hydrogen-bond acceptors (Lipinski definition) is 7. The number of hydrogen-bond donors (Lipinski definition) is 2. The number of aromatic nitrogens is 2. The minimum atomic E-state index is -1.17. The van der Waals surface area contributed by atoms with Crippen LogP contribution < -0.4 is 10.6 Å². The smallest absolute Gasteiger partial charge is 0.407 e. The first-order valence-corrected chi connectivity index (χ1v) is 15.6. The van der Waals surface area contributed by atoms with E-state index >= 15 is 0 Å². The van der Waals surface area contributed by atoms with Gasteiger partial charge in [-0.15, -0.1) is 0 Å². The van der Waals surface area contributed by atoms with Crippen LogP contribution in [0.25, 0.3) is 11.0 Å². The van der Waals surface area contributed by atoms with Gasteiger partial charge in [-0.25, -0.2) is 14.6 Å². The molecule has 1 aliphatic rings. The molecule has 33 heavy (non-hydrogen) atoms. The van der Waals surface area contributed by atoms with E-state index in [4.69, 9.17) is 14.2 Å². The molecule has 182 valence electrons. The highest BCUT2D eigenvalue weighted by molar-refractivity contribution is 9.10. The lowest BCUT2D eigenvalue weighted by atomic mass is 10.1. The fraction of sp³-hybridized carbons (Fsp3) is 0.591. The molecule has 1 aliphatic carbocycles. The molecule has 1 saturated carbocycles. The van der Waals surface area contributed by atoms with Gasteiger partial charge in [0, 0.05) is 43.6 Å². The third-order valence-corrected chi connectivity index (χ3v) is 8.06. The molecule has 1 fully saturated rings. The second-order valence-corrected chi connectivity index (χ2v) is 16.0. The Labute approximate surface area is 203 Å². The van der Waals surface area contributed by atoms with Gasteiger partial charge in [-0.1, -0.05) is 19.6 Å². The SMILES string of the molecule is COC(=O)N[C@@H]1CC[C@@H](Nc2c(C(=O)OC)cnc3c2c(Br)cn3COCC[Si](C)(C)C)C1. The number of alkyl carbamates (subject to hydrolysis) is 1. The molecule has 2 aromatic rings. The molecule has 2 N–H and O–H groups in total. The molecule has 2 atom stereocenters. The summed E-state index contributed by atoms with van der Waals surface area (Å²) < 4.78 is 18.4. The number of nitrogens with zero attached hydrogens (tertiary/aromatic N) is 2. The monoisotopic (exact) mass is 540 g/mol. The molecule has 0 saturated heterocycles. The van der Waals surface area contributed by atoms with Gasteiger partial charge in [-0.3, -0.25) is 0 Å². The lowest BCUT2D eigenvalue weighted by Crippen LogP contribution is -2.33. The molecule has 2 aromatic heterocycles. The predicted molar refractivity (Wildman–Crippen MR) is 133 cm³/mol. The summed E-state index contributed by atoms with van der Waals surface area (Å²) in [5.74, 6) is -0.458. The molecule has 3 rings (SSSR count). The molecule has 11 heteroatoms. The highest BCUT2D eigenvalue weighted by Gasteiger charge is 2.29. The summed E-state index contributed by atoms with van der Waals surface area (Å²) in [7, 11) is 1.54. The predicted octanol–water partition coefficient (Wildman–Crippen LogP) is 4.59. The summed E-state index contributed by atoms with van der Waals surface area (Å²) >= 11 is 3.64. The molecular weight excluding hydrogens is 508 g/mol. The number of nitrogens with one attached hydrogen (secondary N) is 2. The van der Waals surface area contributed by atoms with Crippen molar-refractivity contribution in [3.8, 4) is 0 Å². The van der Waals surface area contributed by atoms with Crippen molar-refractivity contribution in [2.45, 2.75) is 63.8 Å². The topological polar surface area (TPSA) is 104 Å². The number of pyridine rings is 1. The lowest BCUT2D eigenvalue weighted by molar-refractivity contribution is 0.0601. The maximum Gasteiger partial charge on any atom is 0.407 e.